The fourth-order valence-corrected chi connectivity index (χ4v) is 2.13. The fourth-order valence-electron chi connectivity index (χ4n) is 2.13. The first-order valence-corrected chi connectivity index (χ1v) is 6.75. The molecule has 0 atom stereocenters. The van der Waals surface area contributed by atoms with Gasteiger partial charge in [0.1, 0.15) is 5.82 Å². The minimum Gasteiger partial charge on any atom is -0.493 e. The van der Waals surface area contributed by atoms with E-state index in [9.17, 15) is 9.18 Å². The van der Waals surface area contributed by atoms with Crippen molar-refractivity contribution in [3.63, 3.8) is 0 Å². The summed E-state index contributed by atoms with van der Waals surface area (Å²) in [7, 11) is 2.85. The number of benzene rings is 1. The summed E-state index contributed by atoms with van der Waals surface area (Å²) >= 11 is 0. The summed E-state index contributed by atoms with van der Waals surface area (Å²) in [5, 5.41) is 0. The molecular formula is C16H18FNO3. The molecule has 4 nitrogen and oxygen atoms in total. The second-order valence-electron chi connectivity index (χ2n) is 5.02. The van der Waals surface area contributed by atoms with Gasteiger partial charge in [-0.2, -0.15) is 0 Å². The molecule has 0 radical (unpaired) electrons. The van der Waals surface area contributed by atoms with Crippen molar-refractivity contribution in [1.82, 2.24) is 4.90 Å². The number of carbonyl (C=O) groups is 1. The molecule has 0 N–H and O–H groups in total. The molecule has 0 aliphatic heterocycles. The van der Waals surface area contributed by atoms with Gasteiger partial charge in [0.05, 0.1) is 26.3 Å². The number of carbonyl (C=O) groups excluding carboxylic acids is 1. The average molecular weight is 291 g/mol. The van der Waals surface area contributed by atoms with Crippen LogP contribution in [0.5, 0.6) is 11.5 Å². The van der Waals surface area contributed by atoms with Crippen molar-refractivity contribution >= 4 is 5.91 Å². The number of terminal acetylenes is 1. The Hall–Kier alpha value is -2.22. The van der Waals surface area contributed by atoms with Crippen molar-refractivity contribution in [2.24, 2.45) is 5.92 Å². The van der Waals surface area contributed by atoms with Gasteiger partial charge in [0.2, 0.25) is 0 Å². The van der Waals surface area contributed by atoms with E-state index in [-0.39, 0.29) is 17.9 Å². The van der Waals surface area contributed by atoms with Crippen molar-refractivity contribution in [3.05, 3.63) is 23.5 Å². The highest BCUT2D eigenvalue weighted by atomic mass is 19.1. The molecule has 112 valence electrons. The van der Waals surface area contributed by atoms with E-state index in [1.54, 1.807) is 0 Å². The van der Waals surface area contributed by atoms with E-state index in [0.717, 1.165) is 18.9 Å². The zero-order chi connectivity index (χ0) is 15.4. The molecule has 0 bridgehead atoms. The molecule has 5 heteroatoms. The summed E-state index contributed by atoms with van der Waals surface area (Å²) in [5.41, 5.74) is -0.0523. The zero-order valence-electron chi connectivity index (χ0n) is 12.2. The molecule has 1 aliphatic rings. The topological polar surface area (TPSA) is 38.8 Å². The minimum absolute atomic E-state index is 0.0523. The van der Waals surface area contributed by atoms with E-state index in [1.807, 2.05) is 0 Å². The maximum Gasteiger partial charge on any atom is 0.257 e. The summed E-state index contributed by atoms with van der Waals surface area (Å²) in [4.78, 5) is 14.0. The van der Waals surface area contributed by atoms with E-state index in [4.69, 9.17) is 15.9 Å². The van der Waals surface area contributed by atoms with Gasteiger partial charge in [-0.05, 0) is 24.8 Å². The van der Waals surface area contributed by atoms with Gasteiger partial charge in [-0.15, -0.1) is 6.42 Å². The first-order chi connectivity index (χ1) is 10.1. The van der Waals surface area contributed by atoms with Crippen LogP contribution in [0.25, 0.3) is 0 Å². The number of halogens is 1. The lowest BCUT2D eigenvalue weighted by Crippen LogP contribution is -2.33. The van der Waals surface area contributed by atoms with Gasteiger partial charge in [0, 0.05) is 12.6 Å². The smallest absolute Gasteiger partial charge is 0.257 e. The van der Waals surface area contributed by atoms with Crippen molar-refractivity contribution in [1.29, 1.82) is 0 Å². The Morgan fingerprint density at radius 2 is 2.00 bits per heavy atom. The lowest BCUT2D eigenvalue weighted by atomic mass is 10.1. The molecule has 0 heterocycles. The number of hydrogen-bond donors (Lipinski definition) is 0. The van der Waals surface area contributed by atoms with E-state index >= 15 is 0 Å². The van der Waals surface area contributed by atoms with E-state index < -0.39 is 11.7 Å². The third kappa shape index (κ3) is 3.46. The van der Waals surface area contributed by atoms with Crippen molar-refractivity contribution < 1.29 is 18.7 Å². The van der Waals surface area contributed by atoms with E-state index in [0.29, 0.717) is 18.2 Å². The van der Waals surface area contributed by atoms with Crippen LogP contribution in [0.15, 0.2) is 12.1 Å². The number of hydrogen-bond acceptors (Lipinski definition) is 3. The number of rotatable bonds is 6. The van der Waals surface area contributed by atoms with Crippen LogP contribution in [-0.2, 0) is 0 Å². The second-order valence-corrected chi connectivity index (χ2v) is 5.02. The molecule has 2 rings (SSSR count). The summed E-state index contributed by atoms with van der Waals surface area (Å²) in [5.74, 6) is 2.43. The molecule has 1 aliphatic carbocycles. The standard InChI is InChI=1S/C16H18FNO3/c1-4-7-18(10-11-5-6-11)16(19)12-8-14(20-2)15(21-3)9-13(12)17/h1,8-9,11H,5-7,10H2,2-3H3. The molecule has 0 spiro atoms. The largest absolute Gasteiger partial charge is 0.493 e. The second kappa shape index (κ2) is 6.49. The lowest BCUT2D eigenvalue weighted by molar-refractivity contribution is 0.0764. The molecule has 21 heavy (non-hydrogen) atoms. The Labute approximate surface area is 123 Å². The number of methoxy groups -OCH3 is 2. The van der Waals surface area contributed by atoms with Crippen LogP contribution in [0.4, 0.5) is 4.39 Å². The Kier molecular flexibility index (Phi) is 4.69. The maximum absolute atomic E-state index is 14.1. The van der Waals surface area contributed by atoms with Gasteiger partial charge in [0.15, 0.2) is 11.5 Å². The van der Waals surface area contributed by atoms with Crippen LogP contribution < -0.4 is 9.47 Å². The molecule has 1 aromatic carbocycles. The molecule has 1 aromatic rings. The molecule has 0 aromatic heterocycles. The van der Waals surface area contributed by atoms with Crippen LogP contribution >= 0.6 is 0 Å². The summed E-state index contributed by atoms with van der Waals surface area (Å²) in [6.07, 6.45) is 7.47. The Balaban J connectivity index is 2.29. The van der Waals surface area contributed by atoms with Gasteiger partial charge in [0.25, 0.3) is 5.91 Å². The highest BCUT2D eigenvalue weighted by Gasteiger charge is 2.28. The monoisotopic (exact) mass is 291 g/mol. The highest BCUT2D eigenvalue weighted by molar-refractivity contribution is 5.95. The van der Waals surface area contributed by atoms with Gasteiger partial charge in [-0.3, -0.25) is 4.79 Å². The van der Waals surface area contributed by atoms with Crippen LogP contribution in [-0.4, -0.2) is 38.1 Å². The highest BCUT2D eigenvalue weighted by Crippen LogP contribution is 2.32. The van der Waals surface area contributed by atoms with Crippen LogP contribution in [0.1, 0.15) is 23.2 Å². The number of nitrogens with zero attached hydrogens (tertiary/aromatic N) is 1. The minimum atomic E-state index is -0.643. The molecule has 0 unspecified atom stereocenters. The number of amides is 1. The van der Waals surface area contributed by atoms with Gasteiger partial charge >= 0.3 is 0 Å². The van der Waals surface area contributed by atoms with Crippen molar-refractivity contribution in [2.45, 2.75) is 12.8 Å². The molecule has 0 saturated heterocycles. The molecular weight excluding hydrogens is 273 g/mol. The van der Waals surface area contributed by atoms with Gasteiger partial charge in [-0.1, -0.05) is 5.92 Å². The van der Waals surface area contributed by atoms with Gasteiger partial charge < -0.3 is 14.4 Å². The van der Waals surface area contributed by atoms with E-state index in [2.05, 4.69) is 5.92 Å². The maximum atomic E-state index is 14.1. The fraction of sp³-hybridized carbons (Fsp3) is 0.438. The van der Waals surface area contributed by atoms with Crippen LogP contribution in [0.3, 0.4) is 0 Å². The normalized spacial score (nSPS) is 13.4. The summed E-state index contributed by atoms with van der Waals surface area (Å²) < 4.78 is 24.2. The van der Waals surface area contributed by atoms with Gasteiger partial charge in [-0.25, -0.2) is 4.39 Å². The molecule has 1 saturated carbocycles. The first kappa shape index (κ1) is 15.2. The zero-order valence-corrected chi connectivity index (χ0v) is 12.2. The predicted octanol–water partition coefficient (Wildman–Crippen LogP) is 2.33. The predicted molar refractivity (Wildman–Crippen MR) is 77.0 cm³/mol. The van der Waals surface area contributed by atoms with E-state index in [1.165, 1.54) is 25.2 Å². The SMILES string of the molecule is C#CCN(CC1CC1)C(=O)c1cc(OC)c(OC)cc1F. The average Bonchev–Trinajstić information content (AvgIpc) is 3.29. The van der Waals surface area contributed by atoms with Crippen LogP contribution in [0, 0.1) is 24.1 Å². The Morgan fingerprint density at radius 3 is 2.52 bits per heavy atom. The quantitative estimate of drug-likeness (QED) is 0.755. The third-order valence-electron chi connectivity index (χ3n) is 3.45. The Morgan fingerprint density at radius 1 is 1.38 bits per heavy atom. The Bertz CT molecular complexity index is 576. The summed E-state index contributed by atoms with van der Waals surface area (Å²) in [6.45, 7) is 0.736. The van der Waals surface area contributed by atoms with Crippen molar-refractivity contribution in [3.8, 4) is 23.8 Å². The number of ether oxygens (including phenoxy) is 2. The first-order valence-electron chi connectivity index (χ1n) is 6.75. The van der Waals surface area contributed by atoms with Crippen molar-refractivity contribution in [2.75, 3.05) is 27.3 Å². The lowest BCUT2D eigenvalue weighted by Gasteiger charge is -2.21. The third-order valence-corrected chi connectivity index (χ3v) is 3.45. The molecule has 1 amide bonds. The molecule has 1 fully saturated rings. The summed E-state index contributed by atoms with van der Waals surface area (Å²) in [6, 6.07) is 2.50. The van der Waals surface area contributed by atoms with Crippen LogP contribution in [0.2, 0.25) is 0 Å².